The first-order valence-corrected chi connectivity index (χ1v) is 8.17. The van der Waals surface area contributed by atoms with Crippen molar-refractivity contribution < 1.29 is 17.6 Å². The minimum absolute atomic E-state index is 0.194. The largest absolute Gasteiger partial charge is 0.293 e. The Morgan fingerprint density at radius 3 is 2.43 bits per heavy atom. The molecule has 0 aliphatic heterocycles. The third-order valence-corrected chi connectivity index (χ3v) is 4.86. The SMILES string of the molecule is O=C(CS(=O)(=O)c1ccc(F)c(Cl)c1)c1cccc(Cl)c1. The number of halogens is 3. The summed E-state index contributed by atoms with van der Waals surface area (Å²) in [4.78, 5) is 11.8. The number of hydrogen-bond donors (Lipinski definition) is 0. The molecule has 0 N–H and O–H groups in total. The lowest BCUT2D eigenvalue weighted by Gasteiger charge is -2.05. The van der Waals surface area contributed by atoms with Crippen LogP contribution in [0, 0.1) is 5.82 Å². The molecule has 7 heteroatoms. The third-order valence-electron chi connectivity index (χ3n) is 2.72. The summed E-state index contributed by atoms with van der Waals surface area (Å²) in [5.41, 5.74) is 0.194. The van der Waals surface area contributed by atoms with E-state index >= 15 is 0 Å². The van der Waals surface area contributed by atoms with Crippen LogP contribution in [0.2, 0.25) is 10.0 Å². The molecule has 0 saturated heterocycles. The van der Waals surface area contributed by atoms with E-state index in [1.165, 1.54) is 12.1 Å². The Morgan fingerprint density at radius 1 is 1.10 bits per heavy atom. The van der Waals surface area contributed by atoms with Crippen LogP contribution >= 0.6 is 23.2 Å². The summed E-state index contributed by atoms with van der Waals surface area (Å²) in [7, 11) is -3.90. The molecule has 0 atom stereocenters. The molecule has 0 saturated carbocycles. The predicted molar refractivity (Wildman–Crippen MR) is 79.2 cm³/mol. The number of carbonyl (C=O) groups is 1. The summed E-state index contributed by atoms with van der Waals surface area (Å²) in [5, 5.41) is 0.0226. The first kappa shape index (κ1) is 15.9. The van der Waals surface area contributed by atoms with E-state index in [0.29, 0.717) is 5.02 Å². The molecular formula is C14H9Cl2FO3S. The molecule has 110 valence electrons. The Hall–Kier alpha value is -1.43. The Bertz CT molecular complexity index is 804. The van der Waals surface area contributed by atoms with Crippen molar-refractivity contribution in [3.05, 3.63) is 63.9 Å². The highest BCUT2D eigenvalue weighted by Crippen LogP contribution is 2.21. The van der Waals surface area contributed by atoms with Crippen LogP contribution < -0.4 is 0 Å². The molecular weight excluding hydrogens is 338 g/mol. The summed E-state index contributed by atoms with van der Waals surface area (Å²) in [6, 6.07) is 8.99. The molecule has 0 amide bonds. The maximum absolute atomic E-state index is 13.1. The van der Waals surface area contributed by atoms with Crippen molar-refractivity contribution in [1.29, 1.82) is 0 Å². The highest BCUT2D eigenvalue weighted by Gasteiger charge is 2.21. The second-order valence-corrected chi connectivity index (χ2v) is 7.10. The van der Waals surface area contributed by atoms with E-state index in [-0.39, 0.29) is 15.5 Å². The van der Waals surface area contributed by atoms with E-state index in [9.17, 15) is 17.6 Å². The Labute approximate surface area is 131 Å². The van der Waals surface area contributed by atoms with Crippen LogP contribution in [0.1, 0.15) is 10.4 Å². The quantitative estimate of drug-likeness (QED) is 0.625. The summed E-state index contributed by atoms with van der Waals surface area (Å²) in [6.45, 7) is 0. The fraction of sp³-hybridized carbons (Fsp3) is 0.0714. The van der Waals surface area contributed by atoms with Gasteiger partial charge in [-0.1, -0.05) is 35.3 Å². The molecule has 21 heavy (non-hydrogen) atoms. The van der Waals surface area contributed by atoms with Crippen LogP contribution in [0.15, 0.2) is 47.4 Å². The number of sulfone groups is 1. The van der Waals surface area contributed by atoms with Gasteiger partial charge in [0.1, 0.15) is 11.6 Å². The Kier molecular flexibility index (Phi) is 4.66. The number of Topliss-reactive ketones (excluding diaryl/α,β-unsaturated/α-hetero) is 1. The van der Waals surface area contributed by atoms with Gasteiger partial charge in [0, 0.05) is 10.6 Å². The van der Waals surface area contributed by atoms with Gasteiger partial charge in [-0.3, -0.25) is 4.79 Å². The molecule has 0 aliphatic rings. The van der Waals surface area contributed by atoms with Gasteiger partial charge >= 0.3 is 0 Å². The average molecular weight is 347 g/mol. The molecule has 0 heterocycles. The van der Waals surface area contributed by atoms with Crippen LogP contribution in [0.25, 0.3) is 0 Å². The monoisotopic (exact) mass is 346 g/mol. The number of carbonyl (C=O) groups excluding carboxylic acids is 1. The summed E-state index contributed by atoms with van der Waals surface area (Å²) in [6.07, 6.45) is 0. The first-order chi connectivity index (χ1) is 9.79. The van der Waals surface area contributed by atoms with Crippen LogP contribution in [0.5, 0.6) is 0 Å². The van der Waals surface area contributed by atoms with Gasteiger partial charge in [-0.15, -0.1) is 0 Å². The van der Waals surface area contributed by atoms with E-state index < -0.39 is 27.2 Å². The van der Waals surface area contributed by atoms with Crippen molar-refractivity contribution in [3.63, 3.8) is 0 Å². The molecule has 0 aromatic heterocycles. The van der Waals surface area contributed by atoms with Gasteiger partial charge < -0.3 is 0 Å². The van der Waals surface area contributed by atoms with Crippen molar-refractivity contribution in [2.45, 2.75) is 4.90 Å². The maximum Gasteiger partial charge on any atom is 0.185 e. The summed E-state index contributed by atoms with van der Waals surface area (Å²) in [5.74, 6) is -2.07. The fourth-order valence-corrected chi connectivity index (χ4v) is 3.36. The summed E-state index contributed by atoms with van der Waals surface area (Å²) < 4.78 is 37.3. The van der Waals surface area contributed by atoms with Gasteiger partial charge in [0.15, 0.2) is 15.6 Å². The Morgan fingerprint density at radius 2 is 1.81 bits per heavy atom. The van der Waals surface area contributed by atoms with Crippen LogP contribution in [-0.2, 0) is 9.84 Å². The van der Waals surface area contributed by atoms with Gasteiger partial charge in [0.2, 0.25) is 0 Å². The normalized spacial score (nSPS) is 11.4. The lowest BCUT2D eigenvalue weighted by molar-refractivity contribution is 0.102. The van der Waals surface area contributed by atoms with E-state index in [1.807, 2.05) is 0 Å². The van der Waals surface area contributed by atoms with E-state index in [1.54, 1.807) is 12.1 Å². The molecule has 2 aromatic rings. The zero-order chi connectivity index (χ0) is 15.6. The van der Waals surface area contributed by atoms with Crippen molar-refractivity contribution >= 4 is 38.8 Å². The lowest BCUT2D eigenvalue weighted by atomic mass is 10.1. The van der Waals surface area contributed by atoms with E-state index in [0.717, 1.165) is 18.2 Å². The maximum atomic E-state index is 13.1. The number of hydrogen-bond acceptors (Lipinski definition) is 3. The van der Waals surface area contributed by atoms with E-state index in [2.05, 4.69) is 0 Å². The van der Waals surface area contributed by atoms with Crippen LogP contribution in [0.3, 0.4) is 0 Å². The second kappa shape index (κ2) is 6.13. The smallest absolute Gasteiger partial charge is 0.185 e. The summed E-state index contributed by atoms with van der Waals surface area (Å²) >= 11 is 11.3. The lowest BCUT2D eigenvalue weighted by Crippen LogP contribution is -2.16. The molecule has 0 bridgehead atoms. The molecule has 3 nitrogen and oxygen atoms in total. The molecule has 0 spiro atoms. The number of rotatable bonds is 4. The van der Waals surface area contributed by atoms with Crippen LogP contribution in [0.4, 0.5) is 4.39 Å². The molecule has 0 aliphatic carbocycles. The highest BCUT2D eigenvalue weighted by atomic mass is 35.5. The Balaban J connectivity index is 2.29. The molecule has 2 rings (SSSR count). The third kappa shape index (κ3) is 3.81. The van der Waals surface area contributed by atoms with Crippen molar-refractivity contribution in [2.24, 2.45) is 0 Å². The molecule has 0 unspecified atom stereocenters. The van der Waals surface area contributed by atoms with Gasteiger partial charge in [-0.05, 0) is 30.3 Å². The first-order valence-electron chi connectivity index (χ1n) is 5.76. The van der Waals surface area contributed by atoms with Crippen molar-refractivity contribution in [3.8, 4) is 0 Å². The van der Waals surface area contributed by atoms with Gasteiger partial charge in [0.25, 0.3) is 0 Å². The minimum Gasteiger partial charge on any atom is -0.293 e. The highest BCUT2D eigenvalue weighted by molar-refractivity contribution is 7.92. The zero-order valence-corrected chi connectivity index (χ0v) is 12.8. The predicted octanol–water partition coefficient (Wildman–Crippen LogP) is 3.79. The van der Waals surface area contributed by atoms with E-state index in [4.69, 9.17) is 23.2 Å². The number of benzene rings is 2. The van der Waals surface area contributed by atoms with Gasteiger partial charge in [-0.25, -0.2) is 12.8 Å². The molecule has 2 aromatic carbocycles. The zero-order valence-electron chi connectivity index (χ0n) is 10.5. The standard InChI is InChI=1S/C14H9Cl2FO3S/c15-10-3-1-2-9(6-10)14(18)8-21(19,20)11-4-5-13(17)12(16)7-11/h1-7H,8H2. The molecule has 0 fully saturated rings. The van der Waals surface area contributed by atoms with Crippen molar-refractivity contribution in [1.82, 2.24) is 0 Å². The number of ketones is 1. The second-order valence-electron chi connectivity index (χ2n) is 4.27. The minimum atomic E-state index is -3.90. The van der Waals surface area contributed by atoms with Crippen molar-refractivity contribution in [2.75, 3.05) is 5.75 Å². The molecule has 0 radical (unpaired) electrons. The van der Waals surface area contributed by atoms with Crippen LogP contribution in [-0.4, -0.2) is 20.0 Å². The average Bonchev–Trinajstić information content (AvgIpc) is 2.41. The fourth-order valence-electron chi connectivity index (χ4n) is 1.67. The topological polar surface area (TPSA) is 51.2 Å². The van der Waals surface area contributed by atoms with Gasteiger partial charge in [-0.2, -0.15) is 0 Å². The van der Waals surface area contributed by atoms with Gasteiger partial charge in [0.05, 0.1) is 9.92 Å².